The number of benzene rings is 2. The quantitative estimate of drug-likeness (QED) is 0.494. The average molecular weight is 391 g/mol. The van der Waals surface area contributed by atoms with E-state index in [9.17, 15) is 8.42 Å². The summed E-state index contributed by atoms with van der Waals surface area (Å²) in [5, 5.41) is 11.5. The molecular weight excluding hydrogens is 364 g/mol. The fraction of sp³-hybridized carbons (Fsp3) is 0.316. The van der Waals surface area contributed by atoms with Crippen molar-refractivity contribution >= 4 is 16.0 Å². The predicted molar refractivity (Wildman–Crippen MR) is 107 cm³/mol. The van der Waals surface area contributed by atoms with E-state index in [1.165, 1.54) is 12.1 Å². The molecule has 0 saturated heterocycles. The van der Waals surface area contributed by atoms with E-state index < -0.39 is 10.0 Å². The molecular formula is C19H26N4O3S. The number of guanidine groups is 1. The number of nitrogens with two attached hydrogens (primary N) is 1. The second kappa shape index (κ2) is 9.38. The molecule has 0 heterocycles. The van der Waals surface area contributed by atoms with Gasteiger partial charge in [0.25, 0.3) is 0 Å². The Hall–Kier alpha value is -2.58. The molecule has 7 nitrogen and oxygen atoms in total. The summed E-state index contributed by atoms with van der Waals surface area (Å²) in [5.41, 5.74) is 2.06. The van der Waals surface area contributed by atoms with Gasteiger partial charge in [0.2, 0.25) is 10.0 Å². The molecule has 0 bridgehead atoms. The van der Waals surface area contributed by atoms with Gasteiger partial charge in [-0.1, -0.05) is 24.3 Å². The van der Waals surface area contributed by atoms with Crippen molar-refractivity contribution in [2.75, 3.05) is 13.6 Å². The molecule has 0 saturated carbocycles. The van der Waals surface area contributed by atoms with E-state index >= 15 is 0 Å². The smallest absolute Gasteiger partial charge is 0.238 e. The highest BCUT2D eigenvalue weighted by Crippen LogP contribution is 2.14. The van der Waals surface area contributed by atoms with Gasteiger partial charge in [0.15, 0.2) is 5.96 Å². The number of hydrogen-bond acceptors (Lipinski definition) is 4. The minimum atomic E-state index is -3.67. The Labute approximate surface area is 160 Å². The van der Waals surface area contributed by atoms with Crippen molar-refractivity contribution in [1.29, 1.82) is 0 Å². The summed E-state index contributed by atoms with van der Waals surface area (Å²) in [4.78, 5) is 4.27. The van der Waals surface area contributed by atoms with E-state index in [1.54, 1.807) is 19.2 Å². The molecule has 1 atom stereocenters. The monoisotopic (exact) mass is 390 g/mol. The van der Waals surface area contributed by atoms with Gasteiger partial charge >= 0.3 is 0 Å². The molecule has 0 amide bonds. The van der Waals surface area contributed by atoms with Gasteiger partial charge in [0, 0.05) is 13.6 Å². The van der Waals surface area contributed by atoms with Crippen molar-refractivity contribution in [3.63, 3.8) is 0 Å². The Morgan fingerprint density at radius 1 is 1.19 bits per heavy atom. The van der Waals surface area contributed by atoms with Crippen molar-refractivity contribution in [3.8, 4) is 5.75 Å². The van der Waals surface area contributed by atoms with Crippen molar-refractivity contribution in [2.24, 2.45) is 10.1 Å². The first kappa shape index (κ1) is 20.7. The summed E-state index contributed by atoms with van der Waals surface area (Å²) < 4.78 is 28.4. The number of ether oxygens (including phenoxy) is 1. The first-order valence-corrected chi connectivity index (χ1v) is 10.1. The lowest BCUT2D eigenvalue weighted by Crippen LogP contribution is -2.41. The van der Waals surface area contributed by atoms with Crippen LogP contribution < -0.4 is 20.5 Å². The lowest BCUT2D eigenvalue weighted by Gasteiger charge is -2.18. The van der Waals surface area contributed by atoms with E-state index in [0.29, 0.717) is 19.0 Å². The Balaban J connectivity index is 1.81. The number of primary sulfonamides is 1. The minimum absolute atomic E-state index is 0.0422. The van der Waals surface area contributed by atoms with Crippen LogP contribution in [0.25, 0.3) is 0 Å². The Kier molecular flexibility index (Phi) is 7.20. The molecule has 2 rings (SSSR count). The van der Waals surface area contributed by atoms with Gasteiger partial charge in [-0.2, -0.15) is 0 Å². The Morgan fingerprint density at radius 2 is 1.89 bits per heavy atom. The Bertz CT molecular complexity index is 880. The fourth-order valence-electron chi connectivity index (χ4n) is 2.41. The number of sulfonamides is 1. The van der Waals surface area contributed by atoms with Crippen LogP contribution in [-0.4, -0.2) is 34.1 Å². The molecule has 0 aromatic heterocycles. The lowest BCUT2D eigenvalue weighted by molar-refractivity contribution is 0.223. The van der Waals surface area contributed by atoms with Crippen LogP contribution in [0.1, 0.15) is 18.1 Å². The van der Waals surface area contributed by atoms with Crippen LogP contribution in [-0.2, 0) is 16.6 Å². The summed E-state index contributed by atoms with van der Waals surface area (Å²) in [5.74, 6) is 1.47. The van der Waals surface area contributed by atoms with Crippen molar-refractivity contribution in [1.82, 2.24) is 10.6 Å². The van der Waals surface area contributed by atoms with E-state index in [2.05, 4.69) is 15.6 Å². The van der Waals surface area contributed by atoms with E-state index in [1.807, 2.05) is 38.1 Å². The zero-order chi connectivity index (χ0) is 19.9. The van der Waals surface area contributed by atoms with Gasteiger partial charge in [-0.15, -0.1) is 0 Å². The van der Waals surface area contributed by atoms with Crippen LogP contribution in [0.5, 0.6) is 5.75 Å². The highest BCUT2D eigenvalue weighted by Gasteiger charge is 2.08. The molecule has 2 aromatic rings. The van der Waals surface area contributed by atoms with Crippen molar-refractivity contribution < 1.29 is 13.2 Å². The number of hydrogen-bond donors (Lipinski definition) is 3. The summed E-state index contributed by atoms with van der Waals surface area (Å²) in [7, 11) is -1.99. The van der Waals surface area contributed by atoms with Gasteiger partial charge in [-0.25, -0.2) is 13.6 Å². The number of aliphatic imine (C=N–C) groups is 1. The maximum Gasteiger partial charge on any atom is 0.238 e. The molecule has 146 valence electrons. The predicted octanol–water partition coefficient (Wildman–Crippen LogP) is 1.77. The third-order valence-electron chi connectivity index (χ3n) is 3.82. The maximum absolute atomic E-state index is 11.3. The number of nitrogens with one attached hydrogen (secondary N) is 2. The first-order chi connectivity index (χ1) is 12.8. The highest BCUT2D eigenvalue weighted by atomic mass is 32.2. The molecule has 4 N–H and O–H groups in total. The zero-order valence-electron chi connectivity index (χ0n) is 15.8. The van der Waals surface area contributed by atoms with Crippen LogP contribution in [0.2, 0.25) is 0 Å². The highest BCUT2D eigenvalue weighted by molar-refractivity contribution is 7.89. The summed E-state index contributed by atoms with van der Waals surface area (Å²) in [6.07, 6.45) is -0.0422. The molecule has 0 radical (unpaired) electrons. The van der Waals surface area contributed by atoms with Gasteiger partial charge in [-0.05, 0) is 49.2 Å². The number of aryl methyl sites for hydroxylation is 1. The standard InChI is InChI=1S/C19H26N4O3S/c1-14-5-4-6-17(11-14)26-15(2)12-22-19(21-3)23-13-16-7-9-18(10-8-16)27(20,24)25/h4-11,15H,12-13H2,1-3H3,(H2,20,24,25)(H2,21,22,23). The minimum Gasteiger partial charge on any atom is -0.489 e. The fourth-order valence-corrected chi connectivity index (χ4v) is 2.92. The van der Waals surface area contributed by atoms with Gasteiger partial charge in [-0.3, -0.25) is 4.99 Å². The van der Waals surface area contributed by atoms with Gasteiger partial charge < -0.3 is 15.4 Å². The molecule has 0 fully saturated rings. The second-order valence-electron chi connectivity index (χ2n) is 6.24. The maximum atomic E-state index is 11.3. The first-order valence-electron chi connectivity index (χ1n) is 8.57. The summed E-state index contributed by atoms with van der Waals surface area (Å²) in [6.45, 7) is 5.08. The van der Waals surface area contributed by atoms with Crippen LogP contribution in [0.3, 0.4) is 0 Å². The zero-order valence-corrected chi connectivity index (χ0v) is 16.6. The van der Waals surface area contributed by atoms with E-state index in [4.69, 9.17) is 9.88 Å². The number of nitrogens with zero attached hydrogens (tertiary/aromatic N) is 1. The summed E-state index contributed by atoms with van der Waals surface area (Å²) in [6, 6.07) is 14.3. The van der Waals surface area contributed by atoms with Crippen LogP contribution in [0.15, 0.2) is 58.4 Å². The molecule has 0 aliphatic rings. The second-order valence-corrected chi connectivity index (χ2v) is 7.80. The largest absolute Gasteiger partial charge is 0.489 e. The lowest BCUT2D eigenvalue weighted by atomic mass is 10.2. The third kappa shape index (κ3) is 6.92. The average Bonchev–Trinajstić information content (AvgIpc) is 2.61. The molecule has 0 aliphatic carbocycles. The topological polar surface area (TPSA) is 106 Å². The molecule has 27 heavy (non-hydrogen) atoms. The molecule has 0 aliphatic heterocycles. The normalized spacial score (nSPS) is 13.1. The molecule has 8 heteroatoms. The molecule has 1 unspecified atom stereocenters. The molecule has 0 spiro atoms. The van der Waals surface area contributed by atoms with Crippen molar-refractivity contribution in [3.05, 3.63) is 59.7 Å². The van der Waals surface area contributed by atoms with Gasteiger partial charge in [0.05, 0.1) is 11.4 Å². The van der Waals surface area contributed by atoms with Crippen LogP contribution >= 0.6 is 0 Å². The van der Waals surface area contributed by atoms with E-state index in [-0.39, 0.29) is 11.0 Å². The van der Waals surface area contributed by atoms with Crippen molar-refractivity contribution in [2.45, 2.75) is 31.4 Å². The van der Waals surface area contributed by atoms with E-state index in [0.717, 1.165) is 16.9 Å². The molecule has 2 aromatic carbocycles. The van der Waals surface area contributed by atoms with Crippen LogP contribution in [0.4, 0.5) is 0 Å². The third-order valence-corrected chi connectivity index (χ3v) is 4.75. The number of rotatable bonds is 7. The SMILES string of the molecule is CN=C(NCc1ccc(S(N)(=O)=O)cc1)NCC(C)Oc1cccc(C)c1. The van der Waals surface area contributed by atoms with Crippen LogP contribution in [0, 0.1) is 6.92 Å². The summed E-state index contributed by atoms with van der Waals surface area (Å²) >= 11 is 0. The Morgan fingerprint density at radius 3 is 2.48 bits per heavy atom. The van der Waals surface area contributed by atoms with Gasteiger partial charge in [0.1, 0.15) is 11.9 Å².